The zero-order valence-corrected chi connectivity index (χ0v) is 15.8. The summed E-state index contributed by atoms with van der Waals surface area (Å²) < 4.78 is 6.23. The molecule has 0 aliphatic heterocycles. The molecule has 1 aromatic heterocycles. The van der Waals surface area contributed by atoms with E-state index in [1.807, 2.05) is 6.07 Å². The molecule has 0 atom stereocenters. The highest BCUT2D eigenvalue weighted by Crippen LogP contribution is 2.22. The van der Waals surface area contributed by atoms with Crippen molar-refractivity contribution in [3.63, 3.8) is 0 Å². The molecular weight excluding hydrogens is 376 g/mol. The number of hydrogen-bond donors (Lipinski definition) is 1. The van der Waals surface area contributed by atoms with Gasteiger partial charge in [-0.3, -0.25) is 19.7 Å². The van der Waals surface area contributed by atoms with Crippen LogP contribution in [0.4, 0.5) is 11.4 Å². The molecule has 0 spiro atoms. The zero-order valence-electron chi connectivity index (χ0n) is 15.8. The van der Waals surface area contributed by atoms with Gasteiger partial charge in [0.25, 0.3) is 11.2 Å². The Morgan fingerprint density at radius 1 is 1.21 bits per heavy atom. The number of nitro groups is 1. The minimum atomic E-state index is -0.543. The van der Waals surface area contributed by atoms with Gasteiger partial charge in [-0.15, -0.1) is 0 Å². The molecular formula is C20H18N4O5. The van der Waals surface area contributed by atoms with Gasteiger partial charge in [0.1, 0.15) is 12.3 Å². The fraction of sp³-hybridized carbons (Fsp3) is 0.150. The molecule has 0 radical (unpaired) electrons. The Bertz CT molecular complexity index is 1140. The second-order valence-corrected chi connectivity index (χ2v) is 6.25. The van der Waals surface area contributed by atoms with Crippen LogP contribution in [0, 0.1) is 17.0 Å². The number of carbonyl (C=O) groups is 1. The van der Waals surface area contributed by atoms with Gasteiger partial charge >= 0.3 is 0 Å². The predicted octanol–water partition coefficient (Wildman–Crippen LogP) is 2.77. The second kappa shape index (κ2) is 8.34. The first-order chi connectivity index (χ1) is 13.9. The Balaban J connectivity index is 1.83. The minimum absolute atomic E-state index is 0.138. The van der Waals surface area contributed by atoms with Crippen LogP contribution in [-0.4, -0.2) is 27.7 Å². The maximum Gasteiger partial charge on any atom is 0.271 e. The van der Waals surface area contributed by atoms with Gasteiger partial charge in [-0.05, 0) is 30.7 Å². The lowest BCUT2D eigenvalue weighted by Crippen LogP contribution is -2.29. The van der Waals surface area contributed by atoms with Gasteiger partial charge in [0.2, 0.25) is 5.91 Å². The summed E-state index contributed by atoms with van der Waals surface area (Å²) in [5.74, 6) is 0.118. The molecule has 1 heterocycles. The third-order valence-electron chi connectivity index (χ3n) is 4.23. The van der Waals surface area contributed by atoms with Crippen LogP contribution in [-0.2, 0) is 11.3 Å². The summed E-state index contributed by atoms with van der Waals surface area (Å²) in [7, 11) is 1.55. The number of rotatable bonds is 6. The maximum atomic E-state index is 12.4. The fourth-order valence-corrected chi connectivity index (χ4v) is 2.68. The summed E-state index contributed by atoms with van der Waals surface area (Å²) >= 11 is 0. The number of nitrogens with one attached hydrogen (secondary N) is 1. The summed E-state index contributed by atoms with van der Waals surface area (Å²) in [5, 5.41) is 17.8. The summed E-state index contributed by atoms with van der Waals surface area (Å²) in [6.45, 7) is 1.38. The van der Waals surface area contributed by atoms with Gasteiger partial charge in [-0.25, -0.2) is 4.68 Å². The van der Waals surface area contributed by atoms with Gasteiger partial charge < -0.3 is 10.1 Å². The van der Waals surface area contributed by atoms with Crippen molar-refractivity contribution in [3.05, 3.63) is 80.6 Å². The first kappa shape index (κ1) is 19.7. The number of aryl methyl sites for hydroxylation is 1. The molecule has 29 heavy (non-hydrogen) atoms. The standard InChI is InChI=1S/C20H18N4O5/c1-13-6-7-15(24(27)28)11-18(13)21-19(25)12-23-20(26)9-8-17(22-23)14-4-3-5-16(10-14)29-2/h3-11H,12H2,1-2H3,(H,21,25). The number of carbonyl (C=O) groups excluding carboxylic acids is 1. The predicted molar refractivity (Wildman–Crippen MR) is 107 cm³/mol. The highest BCUT2D eigenvalue weighted by atomic mass is 16.6. The molecule has 3 rings (SSSR count). The summed E-state index contributed by atoms with van der Waals surface area (Å²) in [5.41, 5.74) is 1.62. The van der Waals surface area contributed by atoms with Gasteiger partial charge in [0.15, 0.2) is 0 Å². The average Bonchev–Trinajstić information content (AvgIpc) is 2.71. The zero-order chi connectivity index (χ0) is 21.0. The van der Waals surface area contributed by atoms with Crippen molar-refractivity contribution in [1.82, 2.24) is 9.78 Å². The highest BCUT2D eigenvalue weighted by Gasteiger charge is 2.13. The number of anilines is 1. The first-order valence-electron chi connectivity index (χ1n) is 8.65. The number of amides is 1. The van der Waals surface area contributed by atoms with Crippen LogP contribution in [0.3, 0.4) is 0 Å². The molecule has 1 N–H and O–H groups in total. The fourth-order valence-electron chi connectivity index (χ4n) is 2.68. The minimum Gasteiger partial charge on any atom is -0.497 e. The van der Waals surface area contributed by atoms with Crippen LogP contribution in [0.1, 0.15) is 5.56 Å². The molecule has 0 unspecified atom stereocenters. The summed E-state index contributed by atoms with van der Waals surface area (Å²) in [4.78, 5) is 34.9. The van der Waals surface area contributed by atoms with E-state index >= 15 is 0 Å². The Morgan fingerprint density at radius 3 is 2.72 bits per heavy atom. The molecule has 0 bridgehead atoms. The Labute approximate surface area is 165 Å². The molecule has 2 aromatic carbocycles. The third kappa shape index (κ3) is 4.64. The largest absolute Gasteiger partial charge is 0.497 e. The number of nitrogens with zero attached hydrogens (tertiary/aromatic N) is 3. The van der Waals surface area contributed by atoms with Crippen LogP contribution < -0.4 is 15.6 Å². The SMILES string of the molecule is COc1cccc(-c2ccc(=O)n(CC(=O)Nc3cc([N+](=O)[O-])ccc3C)n2)c1. The first-order valence-corrected chi connectivity index (χ1v) is 8.65. The second-order valence-electron chi connectivity index (χ2n) is 6.25. The highest BCUT2D eigenvalue weighted by molar-refractivity contribution is 5.91. The Hall–Kier alpha value is -4.01. The van der Waals surface area contributed by atoms with E-state index in [9.17, 15) is 19.7 Å². The smallest absolute Gasteiger partial charge is 0.271 e. The van der Waals surface area contributed by atoms with Gasteiger partial charge in [0.05, 0.1) is 23.4 Å². The molecule has 1 amide bonds. The summed E-state index contributed by atoms with van der Waals surface area (Å²) in [6.07, 6.45) is 0. The number of benzene rings is 2. The maximum absolute atomic E-state index is 12.4. The van der Waals surface area contributed by atoms with E-state index < -0.39 is 16.4 Å². The normalized spacial score (nSPS) is 10.4. The van der Waals surface area contributed by atoms with E-state index in [4.69, 9.17) is 4.74 Å². The lowest BCUT2D eigenvalue weighted by atomic mass is 10.1. The molecule has 0 saturated heterocycles. The topological polar surface area (TPSA) is 116 Å². The van der Waals surface area contributed by atoms with Gasteiger partial charge in [-0.1, -0.05) is 18.2 Å². The number of hydrogen-bond acceptors (Lipinski definition) is 6. The number of ether oxygens (including phenoxy) is 1. The number of non-ortho nitro benzene ring substituents is 1. The molecule has 9 nitrogen and oxygen atoms in total. The number of methoxy groups -OCH3 is 1. The van der Waals surface area contributed by atoms with E-state index in [0.717, 1.165) is 10.2 Å². The molecule has 0 aliphatic carbocycles. The molecule has 0 saturated carbocycles. The van der Waals surface area contributed by atoms with Crippen LogP contribution in [0.2, 0.25) is 0 Å². The van der Waals surface area contributed by atoms with Gasteiger partial charge in [-0.2, -0.15) is 5.10 Å². The quantitative estimate of drug-likeness (QED) is 0.508. The monoisotopic (exact) mass is 394 g/mol. The van der Waals surface area contributed by atoms with Crippen molar-refractivity contribution in [2.24, 2.45) is 0 Å². The van der Waals surface area contributed by atoms with E-state index in [1.54, 1.807) is 44.4 Å². The molecule has 3 aromatic rings. The van der Waals surface area contributed by atoms with Crippen molar-refractivity contribution < 1.29 is 14.5 Å². The van der Waals surface area contributed by atoms with Gasteiger partial charge in [0, 0.05) is 23.8 Å². The lowest BCUT2D eigenvalue weighted by molar-refractivity contribution is -0.384. The van der Waals surface area contributed by atoms with E-state index in [-0.39, 0.29) is 12.2 Å². The number of aromatic nitrogens is 2. The van der Waals surface area contributed by atoms with Crippen molar-refractivity contribution >= 4 is 17.3 Å². The van der Waals surface area contributed by atoms with Crippen molar-refractivity contribution in [2.75, 3.05) is 12.4 Å². The summed E-state index contributed by atoms with van der Waals surface area (Å²) in [6, 6.07) is 14.2. The lowest BCUT2D eigenvalue weighted by Gasteiger charge is -2.10. The Kier molecular flexibility index (Phi) is 5.68. The molecule has 9 heteroatoms. The van der Waals surface area contributed by atoms with Crippen LogP contribution >= 0.6 is 0 Å². The van der Waals surface area contributed by atoms with Crippen LogP contribution in [0.5, 0.6) is 5.75 Å². The van der Waals surface area contributed by atoms with Crippen molar-refractivity contribution in [3.8, 4) is 17.0 Å². The average molecular weight is 394 g/mol. The van der Waals surface area contributed by atoms with Crippen molar-refractivity contribution in [1.29, 1.82) is 0 Å². The molecule has 0 aliphatic rings. The van der Waals surface area contributed by atoms with Crippen LogP contribution in [0.25, 0.3) is 11.3 Å². The third-order valence-corrected chi connectivity index (χ3v) is 4.23. The van der Waals surface area contributed by atoms with E-state index in [1.165, 1.54) is 18.2 Å². The van der Waals surface area contributed by atoms with E-state index in [0.29, 0.717) is 22.7 Å². The van der Waals surface area contributed by atoms with E-state index in [2.05, 4.69) is 10.4 Å². The van der Waals surface area contributed by atoms with Crippen LogP contribution in [0.15, 0.2) is 59.4 Å². The number of nitro benzene ring substituents is 1. The molecule has 148 valence electrons. The molecule has 0 fully saturated rings. The van der Waals surface area contributed by atoms with Crippen molar-refractivity contribution in [2.45, 2.75) is 13.5 Å². The Morgan fingerprint density at radius 2 is 2.00 bits per heavy atom.